The fourth-order valence-electron chi connectivity index (χ4n) is 2.71. The highest BCUT2D eigenvalue weighted by molar-refractivity contribution is 6.07. The minimum Gasteiger partial charge on any atom is -0.322 e. The highest BCUT2D eigenvalue weighted by atomic mass is 19.4. The molecule has 1 unspecified atom stereocenters. The molecule has 0 saturated carbocycles. The molecule has 0 spiro atoms. The molecule has 2 N–H and O–H groups in total. The van der Waals surface area contributed by atoms with Gasteiger partial charge in [0.15, 0.2) is 0 Å². The van der Waals surface area contributed by atoms with E-state index in [1.165, 1.54) is 30.1 Å². The number of hydrazine groups is 1. The van der Waals surface area contributed by atoms with Crippen LogP contribution in [-0.4, -0.2) is 46.9 Å². The summed E-state index contributed by atoms with van der Waals surface area (Å²) >= 11 is 0. The monoisotopic (exact) mass is 386 g/mol. The van der Waals surface area contributed by atoms with Gasteiger partial charge in [-0.05, 0) is 32.0 Å². The van der Waals surface area contributed by atoms with Crippen LogP contribution in [0.5, 0.6) is 0 Å². The fraction of sp³-hybridized carbons (Fsp3) is 0.471. The number of rotatable bonds is 6. The molecule has 0 aromatic heterocycles. The topological polar surface area (TPSA) is 81.8 Å². The van der Waals surface area contributed by atoms with E-state index in [4.69, 9.17) is 0 Å². The van der Waals surface area contributed by atoms with E-state index in [1.807, 2.05) is 0 Å². The van der Waals surface area contributed by atoms with Gasteiger partial charge in [0, 0.05) is 6.54 Å². The lowest BCUT2D eigenvalue weighted by molar-refractivity contribution is -0.139. The van der Waals surface area contributed by atoms with Crippen LogP contribution in [0.15, 0.2) is 24.3 Å². The number of amides is 4. The van der Waals surface area contributed by atoms with Crippen molar-refractivity contribution in [2.75, 3.05) is 13.6 Å². The maximum absolute atomic E-state index is 13.0. The van der Waals surface area contributed by atoms with Crippen LogP contribution in [0, 0.1) is 0 Å². The second kappa shape index (κ2) is 7.55. The zero-order valence-corrected chi connectivity index (χ0v) is 15.2. The van der Waals surface area contributed by atoms with Crippen LogP contribution in [0.25, 0.3) is 0 Å². The lowest BCUT2D eigenvalue weighted by Gasteiger charge is -2.22. The van der Waals surface area contributed by atoms with Gasteiger partial charge >= 0.3 is 12.2 Å². The second-order valence-electron chi connectivity index (χ2n) is 6.62. The summed E-state index contributed by atoms with van der Waals surface area (Å²) in [5.41, 5.74) is 0.352. The van der Waals surface area contributed by atoms with Gasteiger partial charge < -0.3 is 5.32 Å². The van der Waals surface area contributed by atoms with Crippen molar-refractivity contribution in [1.29, 1.82) is 0 Å². The lowest BCUT2D eigenvalue weighted by Crippen LogP contribution is -2.50. The fourth-order valence-corrected chi connectivity index (χ4v) is 2.71. The molecule has 1 heterocycles. The van der Waals surface area contributed by atoms with Gasteiger partial charge in [-0.15, -0.1) is 0 Å². The molecular weight excluding hydrogens is 365 g/mol. The van der Waals surface area contributed by atoms with Crippen molar-refractivity contribution in [3.63, 3.8) is 0 Å². The van der Waals surface area contributed by atoms with Crippen LogP contribution in [0.1, 0.15) is 31.4 Å². The Morgan fingerprint density at radius 3 is 2.48 bits per heavy atom. The van der Waals surface area contributed by atoms with E-state index in [0.717, 1.165) is 6.07 Å². The minimum atomic E-state index is -4.50. The van der Waals surface area contributed by atoms with E-state index in [9.17, 15) is 27.6 Å². The molecule has 1 aromatic carbocycles. The molecule has 10 heteroatoms. The molecule has 148 valence electrons. The molecule has 0 bridgehead atoms. The van der Waals surface area contributed by atoms with Crippen molar-refractivity contribution in [3.05, 3.63) is 35.4 Å². The van der Waals surface area contributed by atoms with E-state index in [-0.39, 0.29) is 18.7 Å². The Morgan fingerprint density at radius 1 is 1.30 bits per heavy atom. The first-order valence-electron chi connectivity index (χ1n) is 8.27. The molecule has 1 saturated heterocycles. The van der Waals surface area contributed by atoms with Crippen LogP contribution < -0.4 is 10.7 Å². The predicted octanol–water partition coefficient (Wildman–Crippen LogP) is 1.89. The summed E-state index contributed by atoms with van der Waals surface area (Å²) in [6, 6.07) is 4.34. The van der Waals surface area contributed by atoms with Crippen molar-refractivity contribution < 1.29 is 27.6 Å². The zero-order chi connectivity index (χ0) is 20.4. The van der Waals surface area contributed by atoms with Gasteiger partial charge in [0.1, 0.15) is 5.54 Å². The molecule has 2 rings (SSSR count). The number of imide groups is 1. The molecule has 1 aliphatic heterocycles. The predicted molar refractivity (Wildman–Crippen MR) is 90.0 cm³/mol. The van der Waals surface area contributed by atoms with Gasteiger partial charge in [-0.25, -0.2) is 4.79 Å². The van der Waals surface area contributed by atoms with Crippen LogP contribution in [-0.2, 0) is 22.3 Å². The molecule has 1 aliphatic rings. The Labute approximate surface area is 154 Å². The van der Waals surface area contributed by atoms with E-state index in [1.54, 1.807) is 13.8 Å². The summed E-state index contributed by atoms with van der Waals surface area (Å²) in [6.07, 6.45) is -4.15. The first-order chi connectivity index (χ1) is 12.5. The third-order valence-electron chi connectivity index (χ3n) is 4.38. The third kappa shape index (κ3) is 4.57. The molecule has 0 radical (unpaired) electrons. The number of hydrogen-bond acceptors (Lipinski definition) is 4. The summed E-state index contributed by atoms with van der Waals surface area (Å²) in [7, 11) is 1.47. The highest BCUT2D eigenvalue weighted by Gasteiger charge is 2.47. The Hall–Kier alpha value is -2.62. The van der Waals surface area contributed by atoms with Crippen molar-refractivity contribution in [1.82, 2.24) is 20.7 Å². The van der Waals surface area contributed by atoms with Crippen molar-refractivity contribution >= 4 is 17.8 Å². The van der Waals surface area contributed by atoms with Crippen molar-refractivity contribution in [2.24, 2.45) is 0 Å². The second-order valence-corrected chi connectivity index (χ2v) is 6.62. The Kier molecular flexibility index (Phi) is 5.79. The molecular formula is C17H21F3N4O3. The molecule has 1 atom stereocenters. The number of carbonyl (C=O) groups is 3. The van der Waals surface area contributed by atoms with Crippen LogP contribution in [0.2, 0.25) is 0 Å². The summed E-state index contributed by atoms with van der Waals surface area (Å²) < 4.78 is 39.1. The third-order valence-corrected chi connectivity index (χ3v) is 4.38. The number of halogens is 3. The highest BCUT2D eigenvalue weighted by Crippen LogP contribution is 2.32. The van der Waals surface area contributed by atoms with Crippen molar-refractivity contribution in [2.45, 2.75) is 38.5 Å². The average Bonchev–Trinajstić information content (AvgIpc) is 2.78. The number of likely N-dealkylation sites (N-methyl/N-ethyl adjacent to an activating group) is 1. The van der Waals surface area contributed by atoms with Gasteiger partial charge in [0.25, 0.3) is 11.8 Å². The number of alkyl halides is 3. The Bertz CT molecular complexity index is 753. The number of nitrogens with zero attached hydrogens (tertiary/aromatic N) is 2. The van der Waals surface area contributed by atoms with E-state index in [0.29, 0.717) is 11.4 Å². The average molecular weight is 386 g/mol. The maximum Gasteiger partial charge on any atom is 0.416 e. The number of benzene rings is 1. The Balaban J connectivity index is 1.99. The quantitative estimate of drug-likeness (QED) is 0.732. The van der Waals surface area contributed by atoms with Crippen LogP contribution >= 0.6 is 0 Å². The molecule has 0 aliphatic carbocycles. The largest absolute Gasteiger partial charge is 0.416 e. The standard InChI is InChI=1S/C17H21F3N4O3/c1-4-16(2)14(26)24(15(27)21-16)22-13(25)10-23(3)9-11-7-5-6-8-12(11)17(18,19)20/h5-8H,4,9-10H2,1-3H3,(H,21,27)(H,22,25). The van der Waals surface area contributed by atoms with Gasteiger partial charge in [0.05, 0.1) is 12.1 Å². The summed E-state index contributed by atoms with van der Waals surface area (Å²) in [6.45, 7) is 2.83. The summed E-state index contributed by atoms with van der Waals surface area (Å²) in [5.74, 6) is -1.28. The molecule has 7 nitrogen and oxygen atoms in total. The molecule has 1 aromatic rings. The zero-order valence-electron chi connectivity index (χ0n) is 15.2. The van der Waals surface area contributed by atoms with Crippen LogP contribution in [0.4, 0.5) is 18.0 Å². The van der Waals surface area contributed by atoms with Gasteiger partial charge in [0.2, 0.25) is 0 Å². The van der Waals surface area contributed by atoms with E-state index < -0.39 is 35.1 Å². The first-order valence-corrected chi connectivity index (χ1v) is 8.27. The SMILES string of the molecule is CCC1(C)NC(=O)N(NC(=O)CN(C)Cc2ccccc2C(F)(F)F)C1=O. The molecule has 4 amide bonds. The van der Waals surface area contributed by atoms with Gasteiger partial charge in [-0.3, -0.25) is 19.9 Å². The minimum absolute atomic E-state index is 0.0221. The van der Waals surface area contributed by atoms with E-state index >= 15 is 0 Å². The summed E-state index contributed by atoms with van der Waals surface area (Å²) in [4.78, 5) is 37.6. The number of hydrogen-bond donors (Lipinski definition) is 2. The maximum atomic E-state index is 13.0. The molecule has 1 fully saturated rings. The molecule has 27 heavy (non-hydrogen) atoms. The Morgan fingerprint density at radius 2 is 1.93 bits per heavy atom. The van der Waals surface area contributed by atoms with Gasteiger partial charge in [-0.2, -0.15) is 18.2 Å². The number of nitrogens with one attached hydrogen (secondary N) is 2. The van der Waals surface area contributed by atoms with E-state index in [2.05, 4.69) is 10.7 Å². The van der Waals surface area contributed by atoms with Crippen molar-refractivity contribution in [3.8, 4) is 0 Å². The van der Waals surface area contributed by atoms with Crippen LogP contribution in [0.3, 0.4) is 0 Å². The number of urea groups is 1. The summed E-state index contributed by atoms with van der Waals surface area (Å²) in [5, 5.41) is 3.09. The first kappa shape index (κ1) is 20.7. The number of carbonyl (C=O) groups excluding carboxylic acids is 3. The smallest absolute Gasteiger partial charge is 0.322 e. The lowest BCUT2D eigenvalue weighted by atomic mass is 10.00. The van der Waals surface area contributed by atoms with Gasteiger partial charge in [-0.1, -0.05) is 25.1 Å². The normalized spacial score (nSPS) is 20.2.